The quantitative estimate of drug-likeness (QED) is 0.728. The fourth-order valence-electron chi connectivity index (χ4n) is 1.75. The molecule has 0 amide bonds. The van der Waals surface area contributed by atoms with Gasteiger partial charge in [-0.25, -0.2) is 0 Å². The molecule has 1 fully saturated rings. The Kier molecular flexibility index (Phi) is 6.99. The van der Waals surface area contributed by atoms with Crippen molar-refractivity contribution in [3.63, 3.8) is 0 Å². The van der Waals surface area contributed by atoms with Crippen molar-refractivity contribution >= 4 is 4.57 Å². The van der Waals surface area contributed by atoms with Crippen LogP contribution >= 0.6 is 0 Å². The molecule has 3 nitrogen and oxygen atoms in total. The average Bonchev–Trinajstić information content (AvgIpc) is 2.30. The summed E-state index contributed by atoms with van der Waals surface area (Å²) >= 11 is 2.97. The molecule has 1 aliphatic heterocycles. The van der Waals surface area contributed by atoms with Crippen molar-refractivity contribution in [2.45, 2.75) is 26.7 Å². The number of hydrogen-bond acceptors (Lipinski definition) is 3. The number of ether oxygens (including phenoxy) is 2. The van der Waals surface area contributed by atoms with Gasteiger partial charge in [0.15, 0.2) is 0 Å². The Morgan fingerprint density at radius 1 is 1.38 bits per heavy atom. The SMILES string of the molecule is CCC/C(=C\[C](=[Cr])OCC)N1CCOCC1. The van der Waals surface area contributed by atoms with Crippen LogP contribution in [0.15, 0.2) is 11.8 Å². The molecule has 0 bridgehead atoms. The number of hydrogen-bond donors (Lipinski definition) is 0. The molecule has 0 saturated carbocycles. The van der Waals surface area contributed by atoms with Gasteiger partial charge in [0.2, 0.25) is 0 Å². The molecule has 0 unspecified atom stereocenters. The van der Waals surface area contributed by atoms with Crippen LogP contribution in [-0.2, 0) is 25.3 Å². The molecular formula is C12H21CrNO2. The molecule has 0 spiro atoms. The van der Waals surface area contributed by atoms with Crippen molar-refractivity contribution in [2.24, 2.45) is 0 Å². The average molecular weight is 263 g/mol. The van der Waals surface area contributed by atoms with Gasteiger partial charge in [0.25, 0.3) is 0 Å². The maximum atomic E-state index is 5.44. The van der Waals surface area contributed by atoms with Crippen LogP contribution in [0.4, 0.5) is 0 Å². The summed E-state index contributed by atoms with van der Waals surface area (Å²) in [7, 11) is 0. The van der Waals surface area contributed by atoms with Gasteiger partial charge in [-0.1, -0.05) is 0 Å². The van der Waals surface area contributed by atoms with E-state index in [1.807, 2.05) is 6.92 Å². The Morgan fingerprint density at radius 3 is 2.62 bits per heavy atom. The molecule has 0 N–H and O–H groups in total. The van der Waals surface area contributed by atoms with Crippen LogP contribution in [0.3, 0.4) is 0 Å². The van der Waals surface area contributed by atoms with Crippen LogP contribution in [0.25, 0.3) is 0 Å². The third-order valence-electron chi connectivity index (χ3n) is 2.49. The molecule has 16 heavy (non-hydrogen) atoms. The Bertz CT molecular complexity index is 247. The first-order valence-corrected chi connectivity index (χ1v) is 6.61. The monoisotopic (exact) mass is 263 g/mol. The van der Waals surface area contributed by atoms with Gasteiger partial charge in [-0.3, -0.25) is 0 Å². The number of allylic oxidation sites excluding steroid dienone is 1. The van der Waals surface area contributed by atoms with Crippen LogP contribution in [0.1, 0.15) is 26.7 Å². The third-order valence-corrected chi connectivity index (χ3v) is 2.86. The van der Waals surface area contributed by atoms with Crippen molar-refractivity contribution in [1.82, 2.24) is 4.90 Å². The Labute approximate surface area is 106 Å². The maximum absolute atomic E-state index is 5.44. The van der Waals surface area contributed by atoms with E-state index >= 15 is 0 Å². The van der Waals surface area contributed by atoms with Crippen molar-refractivity contribution in [2.75, 3.05) is 32.9 Å². The van der Waals surface area contributed by atoms with Crippen LogP contribution in [-0.4, -0.2) is 42.4 Å². The molecular weight excluding hydrogens is 242 g/mol. The molecule has 0 aliphatic carbocycles. The first-order valence-electron chi connectivity index (χ1n) is 5.98. The van der Waals surface area contributed by atoms with Crippen LogP contribution in [0.5, 0.6) is 0 Å². The summed E-state index contributed by atoms with van der Waals surface area (Å²) in [5.74, 6) is 0. The van der Waals surface area contributed by atoms with E-state index < -0.39 is 0 Å². The first kappa shape index (κ1) is 13.9. The Morgan fingerprint density at radius 2 is 2.06 bits per heavy atom. The van der Waals surface area contributed by atoms with Gasteiger partial charge in [-0.05, 0) is 0 Å². The first-order chi connectivity index (χ1) is 7.77. The summed E-state index contributed by atoms with van der Waals surface area (Å²) < 4.78 is 11.7. The minimum absolute atomic E-state index is 0.710. The second-order valence-corrected chi connectivity index (χ2v) is 4.37. The molecule has 1 aliphatic rings. The summed E-state index contributed by atoms with van der Waals surface area (Å²) in [6, 6.07) is 0. The van der Waals surface area contributed by atoms with E-state index in [9.17, 15) is 0 Å². The van der Waals surface area contributed by atoms with Gasteiger partial charge in [0, 0.05) is 0 Å². The molecule has 0 aromatic carbocycles. The van der Waals surface area contributed by atoms with Crippen molar-refractivity contribution in [3.8, 4) is 0 Å². The van der Waals surface area contributed by atoms with Crippen LogP contribution in [0.2, 0.25) is 0 Å². The van der Waals surface area contributed by atoms with E-state index in [0.717, 1.165) is 43.7 Å². The molecule has 1 heterocycles. The number of morpholine rings is 1. The predicted molar refractivity (Wildman–Crippen MR) is 62.0 cm³/mol. The second kappa shape index (κ2) is 8.03. The van der Waals surface area contributed by atoms with E-state index in [2.05, 4.69) is 33.8 Å². The van der Waals surface area contributed by atoms with E-state index in [4.69, 9.17) is 9.47 Å². The van der Waals surface area contributed by atoms with Gasteiger partial charge in [0.1, 0.15) is 0 Å². The Balaban J connectivity index is 2.60. The van der Waals surface area contributed by atoms with E-state index in [1.54, 1.807) is 0 Å². The van der Waals surface area contributed by atoms with Crippen LogP contribution < -0.4 is 0 Å². The molecule has 0 radical (unpaired) electrons. The number of rotatable bonds is 6. The van der Waals surface area contributed by atoms with Gasteiger partial charge in [-0.15, -0.1) is 0 Å². The van der Waals surface area contributed by atoms with Crippen LogP contribution in [0, 0.1) is 0 Å². The summed E-state index contributed by atoms with van der Waals surface area (Å²) in [5.41, 5.74) is 1.35. The van der Waals surface area contributed by atoms with Crippen molar-refractivity contribution in [3.05, 3.63) is 11.8 Å². The number of nitrogens with zero attached hydrogens (tertiary/aromatic N) is 1. The van der Waals surface area contributed by atoms with Crippen molar-refractivity contribution in [1.29, 1.82) is 0 Å². The molecule has 1 rings (SSSR count). The zero-order valence-electron chi connectivity index (χ0n) is 10.2. The molecule has 1 saturated heterocycles. The third kappa shape index (κ3) is 4.80. The summed E-state index contributed by atoms with van der Waals surface area (Å²) in [6.07, 6.45) is 4.37. The molecule has 0 aromatic rings. The van der Waals surface area contributed by atoms with Gasteiger partial charge in [-0.2, -0.15) is 0 Å². The van der Waals surface area contributed by atoms with E-state index in [1.165, 1.54) is 5.70 Å². The normalized spacial score (nSPS) is 17.6. The van der Waals surface area contributed by atoms with E-state index in [-0.39, 0.29) is 0 Å². The zero-order chi connectivity index (χ0) is 11.8. The topological polar surface area (TPSA) is 21.7 Å². The van der Waals surface area contributed by atoms with Gasteiger partial charge < -0.3 is 0 Å². The van der Waals surface area contributed by atoms with Gasteiger partial charge >= 0.3 is 106 Å². The molecule has 0 aromatic heterocycles. The second-order valence-electron chi connectivity index (χ2n) is 3.74. The van der Waals surface area contributed by atoms with Gasteiger partial charge in [0.05, 0.1) is 0 Å². The molecule has 92 valence electrons. The standard InChI is InChI=1S/C12H21NO2.Cr/c1-3-5-12(6-9-14-4-2)13-7-10-15-11-8-13;/h6H,3-5,7-8,10-11H2,1-2H3;/b12-6+;. The fourth-order valence-corrected chi connectivity index (χ4v) is 2.14. The molecule has 4 heteroatoms. The van der Waals surface area contributed by atoms with E-state index in [0.29, 0.717) is 6.61 Å². The summed E-state index contributed by atoms with van der Waals surface area (Å²) in [5, 5.41) is 0. The summed E-state index contributed by atoms with van der Waals surface area (Å²) in [4.78, 5) is 2.39. The Hall–Kier alpha value is -0.138. The predicted octanol–water partition coefficient (Wildman–Crippen LogP) is 1.72. The summed E-state index contributed by atoms with van der Waals surface area (Å²) in [6.45, 7) is 8.56. The minimum atomic E-state index is 0.710. The molecule has 0 atom stereocenters. The fraction of sp³-hybridized carbons (Fsp3) is 0.750. The van der Waals surface area contributed by atoms with Crippen molar-refractivity contribution < 1.29 is 25.3 Å². The zero-order valence-corrected chi connectivity index (χ0v) is 11.5.